The summed E-state index contributed by atoms with van der Waals surface area (Å²) in [7, 11) is 2.04. The van der Waals surface area contributed by atoms with Crippen molar-refractivity contribution in [3.63, 3.8) is 0 Å². The van der Waals surface area contributed by atoms with Crippen LogP contribution in [-0.4, -0.2) is 60.1 Å². The molecule has 1 aliphatic heterocycles. The van der Waals surface area contributed by atoms with Crippen LogP contribution in [0, 0.1) is 5.92 Å². The number of hydrogen-bond donors (Lipinski definition) is 1. The average Bonchev–Trinajstić information content (AvgIpc) is 2.26. The first kappa shape index (κ1) is 13.5. The van der Waals surface area contributed by atoms with Gasteiger partial charge in [-0.2, -0.15) is 0 Å². The molecule has 0 aromatic rings. The van der Waals surface area contributed by atoms with Crippen molar-refractivity contribution in [1.82, 2.24) is 9.80 Å². The second-order valence-corrected chi connectivity index (χ2v) is 5.06. The van der Waals surface area contributed by atoms with Crippen molar-refractivity contribution in [2.24, 2.45) is 5.92 Å². The van der Waals surface area contributed by atoms with Gasteiger partial charge in [-0.15, -0.1) is 0 Å². The zero-order chi connectivity index (χ0) is 12.1. The summed E-state index contributed by atoms with van der Waals surface area (Å²) in [6, 6.07) is 0.161. The molecule has 1 saturated heterocycles. The number of carbonyl (C=O) groups is 1. The van der Waals surface area contributed by atoms with Crippen molar-refractivity contribution in [1.29, 1.82) is 0 Å². The first-order valence-electron chi connectivity index (χ1n) is 6.17. The van der Waals surface area contributed by atoms with Crippen molar-refractivity contribution >= 4 is 5.97 Å². The van der Waals surface area contributed by atoms with Gasteiger partial charge in [-0.1, -0.05) is 13.8 Å². The lowest BCUT2D eigenvalue weighted by atomic mass is 10.1. The van der Waals surface area contributed by atoms with Crippen molar-refractivity contribution in [2.45, 2.75) is 32.7 Å². The van der Waals surface area contributed by atoms with Crippen molar-refractivity contribution in [3.8, 4) is 0 Å². The Morgan fingerprint density at radius 3 is 2.62 bits per heavy atom. The second kappa shape index (κ2) is 6.21. The highest BCUT2D eigenvalue weighted by Gasteiger charge is 2.26. The molecule has 0 spiro atoms. The summed E-state index contributed by atoms with van der Waals surface area (Å²) < 4.78 is 0. The first-order chi connectivity index (χ1) is 7.52. The highest BCUT2D eigenvalue weighted by Crippen LogP contribution is 2.15. The molecule has 1 aliphatic rings. The molecule has 0 aromatic carbocycles. The van der Waals surface area contributed by atoms with Gasteiger partial charge in [0, 0.05) is 25.7 Å². The van der Waals surface area contributed by atoms with E-state index < -0.39 is 5.97 Å². The number of hydrogen-bond acceptors (Lipinski definition) is 3. The predicted octanol–water partition coefficient (Wildman–Crippen LogP) is 1.12. The monoisotopic (exact) mass is 228 g/mol. The van der Waals surface area contributed by atoms with Crippen LogP contribution in [0.25, 0.3) is 0 Å². The molecule has 0 aliphatic carbocycles. The molecule has 0 saturated carbocycles. The Morgan fingerprint density at radius 1 is 1.38 bits per heavy atom. The Hall–Kier alpha value is -0.610. The van der Waals surface area contributed by atoms with Gasteiger partial charge in [0.05, 0.1) is 6.42 Å². The summed E-state index contributed by atoms with van der Waals surface area (Å²) in [5, 5.41) is 8.91. The number of carboxylic acid groups (broad SMARTS) is 1. The Bertz CT molecular complexity index is 233. The van der Waals surface area contributed by atoms with E-state index in [4.69, 9.17) is 5.11 Å². The number of nitrogens with zero attached hydrogens (tertiary/aromatic N) is 2. The Balaban J connectivity index is 2.62. The molecule has 2 unspecified atom stereocenters. The summed E-state index contributed by atoms with van der Waals surface area (Å²) in [6.07, 6.45) is 1.39. The maximum absolute atomic E-state index is 10.8. The maximum Gasteiger partial charge on any atom is 0.304 e. The van der Waals surface area contributed by atoms with E-state index >= 15 is 0 Å². The van der Waals surface area contributed by atoms with Gasteiger partial charge in [0.1, 0.15) is 0 Å². The predicted molar refractivity (Wildman–Crippen MR) is 64.6 cm³/mol. The first-order valence-corrected chi connectivity index (χ1v) is 6.17. The SMILES string of the molecule is CCCN1CC(C)CN(C)C(CC(=O)O)C1. The van der Waals surface area contributed by atoms with Crippen LogP contribution in [0.15, 0.2) is 0 Å². The highest BCUT2D eigenvalue weighted by atomic mass is 16.4. The van der Waals surface area contributed by atoms with E-state index in [1.165, 1.54) is 0 Å². The normalized spacial score (nSPS) is 28.9. The van der Waals surface area contributed by atoms with Crippen LogP contribution in [0.2, 0.25) is 0 Å². The molecule has 0 amide bonds. The van der Waals surface area contributed by atoms with Gasteiger partial charge in [-0.3, -0.25) is 4.79 Å². The van der Waals surface area contributed by atoms with E-state index in [-0.39, 0.29) is 12.5 Å². The van der Waals surface area contributed by atoms with Crippen LogP contribution in [0.5, 0.6) is 0 Å². The van der Waals surface area contributed by atoms with Crippen molar-refractivity contribution < 1.29 is 9.90 Å². The second-order valence-electron chi connectivity index (χ2n) is 5.06. The molecular formula is C12H24N2O2. The molecule has 4 nitrogen and oxygen atoms in total. The van der Waals surface area contributed by atoms with Gasteiger partial charge in [0.25, 0.3) is 0 Å². The maximum atomic E-state index is 10.8. The summed E-state index contributed by atoms with van der Waals surface area (Å²) in [5.41, 5.74) is 0. The summed E-state index contributed by atoms with van der Waals surface area (Å²) in [4.78, 5) is 15.4. The van der Waals surface area contributed by atoms with E-state index in [2.05, 4.69) is 23.6 Å². The fourth-order valence-electron chi connectivity index (χ4n) is 2.57. The third kappa shape index (κ3) is 4.10. The minimum atomic E-state index is -0.692. The number of rotatable bonds is 4. The molecule has 4 heteroatoms. The standard InChI is InChI=1S/C12H24N2O2/c1-4-5-14-8-10(2)7-13(3)11(9-14)6-12(15)16/h10-11H,4-9H2,1-3H3,(H,15,16). The Labute approximate surface area is 98.2 Å². The number of likely N-dealkylation sites (N-methyl/N-ethyl adjacent to an activating group) is 1. The molecule has 0 bridgehead atoms. The Morgan fingerprint density at radius 2 is 2.06 bits per heavy atom. The molecule has 1 fully saturated rings. The van der Waals surface area contributed by atoms with Crippen molar-refractivity contribution in [2.75, 3.05) is 33.2 Å². The zero-order valence-corrected chi connectivity index (χ0v) is 10.6. The third-order valence-electron chi connectivity index (χ3n) is 3.21. The van der Waals surface area contributed by atoms with Crippen LogP contribution in [0.3, 0.4) is 0 Å². The highest BCUT2D eigenvalue weighted by molar-refractivity contribution is 5.67. The summed E-state index contributed by atoms with van der Waals surface area (Å²) >= 11 is 0. The smallest absolute Gasteiger partial charge is 0.304 e. The van der Waals surface area contributed by atoms with Crippen LogP contribution >= 0.6 is 0 Å². The fraction of sp³-hybridized carbons (Fsp3) is 0.917. The zero-order valence-electron chi connectivity index (χ0n) is 10.6. The van der Waals surface area contributed by atoms with E-state index in [9.17, 15) is 4.79 Å². The van der Waals surface area contributed by atoms with E-state index in [1.807, 2.05) is 7.05 Å². The minimum Gasteiger partial charge on any atom is -0.481 e. The molecule has 1 heterocycles. The van der Waals surface area contributed by atoms with Gasteiger partial charge < -0.3 is 14.9 Å². The van der Waals surface area contributed by atoms with E-state index in [1.54, 1.807) is 0 Å². The molecule has 94 valence electrons. The van der Waals surface area contributed by atoms with Crippen LogP contribution < -0.4 is 0 Å². The fourth-order valence-corrected chi connectivity index (χ4v) is 2.57. The van der Waals surface area contributed by atoms with E-state index in [0.29, 0.717) is 5.92 Å². The lowest BCUT2D eigenvalue weighted by molar-refractivity contribution is -0.138. The largest absolute Gasteiger partial charge is 0.481 e. The lowest BCUT2D eigenvalue weighted by Gasteiger charge is -2.27. The lowest BCUT2D eigenvalue weighted by Crippen LogP contribution is -2.40. The molecule has 16 heavy (non-hydrogen) atoms. The number of aliphatic carboxylic acids is 1. The molecule has 2 atom stereocenters. The van der Waals surface area contributed by atoms with E-state index in [0.717, 1.165) is 32.6 Å². The molecule has 0 radical (unpaired) electrons. The van der Waals surface area contributed by atoms with Gasteiger partial charge in [-0.05, 0) is 25.9 Å². The molecule has 1 N–H and O–H groups in total. The van der Waals surface area contributed by atoms with Crippen LogP contribution in [0.1, 0.15) is 26.7 Å². The van der Waals surface area contributed by atoms with Crippen LogP contribution in [-0.2, 0) is 4.79 Å². The Kier molecular flexibility index (Phi) is 5.22. The molecular weight excluding hydrogens is 204 g/mol. The molecule has 0 aromatic heterocycles. The summed E-state index contributed by atoms with van der Waals surface area (Å²) in [6.45, 7) is 8.47. The van der Waals surface area contributed by atoms with Gasteiger partial charge in [-0.25, -0.2) is 0 Å². The number of carboxylic acids is 1. The van der Waals surface area contributed by atoms with Gasteiger partial charge in [0.15, 0.2) is 0 Å². The average molecular weight is 228 g/mol. The van der Waals surface area contributed by atoms with Gasteiger partial charge >= 0.3 is 5.97 Å². The van der Waals surface area contributed by atoms with Crippen LogP contribution in [0.4, 0.5) is 0 Å². The quantitative estimate of drug-likeness (QED) is 0.783. The summed E-state index contributed by atoms with van der Waals surface area (Å²) in [5.74, 6) is -0.0711. The third-order valence-corrected chi connectivity index (χ3v) is 3.21. The van der Waals surface area contributed by atoms with Crippen molar-refractivity contribution in [3.05, 3.63) is 0 Å². The van der Waals surface area contributed by atoms with Gasteiger partial charge in [0.2, 0.25) is 0 Å². The topological polar surface area (TPSA) is 43.8 Å². The minimum absolute atomic E-state index is 0.161. The molecule has 1 rings (SSSR count).